The van der Waals surface area contributed by atoms with Crippen molar-refractivity contribution >= 4 is 23.2 Å². The first kappa shape index (κ1) is 18.3. The number of carboxylic acid groups (broad SMARTS) is 1. The lowest BCUT2D eigenvalue weighted by molar-refractivity contribution is -0.190. The molecule has 1 amide bonds. The van der Waals surface area contributed by atoms with E-state index in [1.807, 2.05) is 20.8 Å². The molecule has 0 spiro atoms. The molecule has 8 heteroatoms. The zero-order chi connectivity index (χ0) is 18.2. The van der Waals surface area contributed by atoms with E-state index in [2.05, 4.69) is 10.3 Å². The molecule has 2 aliphatic rings. The summed E-state index contributed by atoms with van der Waals surface area (Å²) in [7, 11) is 0. The molecule has 2 N–H and O–H groups in total. The van der Waals surface area contributed by atoms with E-state index in [0.717, 1.165) is 17.8 Å². The average Bonchev–Trinajstić information content (AvgIpc) is 3.23. The van der Waals surface area contributed by atoms with Gasteiger partial charge in [-0.1, -0.05) is 13.8 Å². The lowest BCUT2D eigenvalue weighted by Crippen LogP contribution is -2.76. The van der Waals surface area contributed by atoms with E-state index >= 15 is 0 Å². The maximum atomic E-state index is 12.6. The minimum atomic E-state index is -1.35. The molecule has 0 aromatic carbocycles. The fourth-order valence-corrected chi connectivity index (χ4v) is 4.49. The smallest absolute Gasteiger partial charge is 0.330 e. The number of amides is 1. The van der Waals surface area contributed by atoms with Gasteiger partial charge in [-0.2, -0.15) is 0 Å². The Morgan fingerprint density at radius 2 is 2.28 bits per heavy atom. The molecule has 7 nitrogen and oxygen atoms in total. The number of rotatable bonds is 6. The second-order valence-corrected chi connectivity index (χ2v) is 8.00. The Bertz CT molecular complexity index is 668. The summed E-state index contributed by atoms with van der Waals surface area (Å²) >= 11 is 1.37. The first-order valence-electron chi connectivity index (χ1n) is 8.56. The first-order chi connectivity index (χ1) is 11.8. The van der Waals surface area contributed by atoms with Gasteiger partial charge in [-0.15, -0.1) is 11.3 Å². The minimum absolute atomic E-state index is 0.0533. The number of nitrogens with one attached hydrogen (secondary N) is 1. The quantitative estimate of drug-likeness (QED) is 0.800. The van der Waals surface area contributed by atoms with Crippen LogP contribution in [0.25, 0.3) is 0 Å². The summed E-state index contributed by atoms with van der Waals surface area (Å²) in [5, 5.41) is 14.9. The number of aliphatic carboxylic acids is 1. The maximum Gasteiger partial charge on any atom is 0.330 e. The predicted molar refractivity (Wildman–Crippen MR) is 91.7 cm³/mol. The number of carbonyl (C=O) groups excluding carboxylic acids is 1. The molecule has 25 heavy (non-hydrogen) atoms. The van der Waals surface area contributed by atoms with Gasteiger partial charge in [0.1, 0.15) is 22.3 Å². The van der Waals surface area contributed by atoms with E-state index in [9.17, 15) is 14.7 Å². The van der Waals surface area contributed by atoms with Gasteiger partial charge in [-0.25, -0.2) is 9.78 Å². The number of nitrogens with zero attached hydrogens (tertiary/aromatic N) is 1. The van der Waals surface area contributed by atoms with Crippen LogP contribution in [0.5, 0.6) is 0 Å². The Morgan fingerprint density at radius 3 is 2.84 bits per heavy atom. The molecule has 2 fully saturated rings. The number of aromatic nitrogens is 1. The molecule has 0 bridgehead atoms. The number of hydrogen-bond acceptors (Lipinski definition) is 6. The van der Waals surface area contributed by atoms with Gasteiger partial charge in [0, 0.05) is 30.4 Å². The molecule has 1 aliphatic heterocycles. The van der Waals surface area contributed by atoms with Crippen molar-refractivity contribution in [2.24, 2.45) is 5.41 Å². The fraction of sp³-hybridized carbons (Fsp3) is 0.706. The predicted octanol–water partition coefficient (Wildman–Crippen LogP) is 2.38. The van der Waals surface area contributed by atoms with Gasteiger partial charge in [0.25, 0.3) is 5.91 Å². The molecule has 1 saturated carbocycles. The van der Waals surface area contributed by atoms with Crippen molar-refractivity contribution in [2.75, 3.05) is 13.2 Å². The zero-order valence-electron chi connectivity index (χ0n) is 14.7. The standard InChI is InChI=1S/C17H24N2O5S/c1-4-23-12-8-17(15(21)22,16(12,2)3)19-13(20)10-9-25-14(18-10)11-6-5-7-24-11/h9,11-12H,4-8H2,1-3H3,(H,19,20)(H,21,22). The summed E-state index contributed by atoms with van der Waals surface area (Å²) in [6.07, 6.45) is 1.88. The number of ether oxygens (including phenoxy) is 2. The minimum Gasteiger partial charge on any atom is -0.479 e. The number of hydrogen-bond donors (Lipinski definition) is 2. The van der Waals surface area contributed by atoms with E-state index in [0.29, 0.717) is 13.2 Å². The molecule has 1 saturated heterocycles. The molecule has 1 aliphatic carbocycles. The summed E-state index contributed by atoms with van der Waals surface area (Å²) in [5.74, 6) is -1.51. The van der Waals surface area contributed by atoms with Gasteiger partial charge >= 0.3 is 5.97 Å². The third kappa shape index (κ3) is 2.96. The highest BCUT2D eigenvalue weighted by atomic mass is 32.1. The van der Waals surface area contributed by atoms with Gasteiger partial charge in [-0.05, 0) is 19.8 Å². The molecule has 3 rings (SSSR count). The van der Waals surface area contributed by atoms with Gasteiger partial charge in [0.15, 0.2) is 0 Å². The van der Waals surface area contributed by atoms with Crippen LogP contribution in [0, 0.1) is 5.41 Å². The van der Waals surface area contributed by atoms with Crippen LogP contribution >= 0.6 is 11.3 Å². The van der Waals surface area contributed by atoms with Crippen molar-refractivity contribution < 1.29 is 24.2 Å². The molecular formula is C17H24N2O5S. The number of thiazole rings is 1. The van der Waals surface area contributed by atoms with Crippen LogP contribution < -0.4 is 5.32 Å². The summed E-state index contributed by atoms with van der Waals surface area (Å²) in [5.41, 5.74) is -1.82. The van der Waals surface area contributed by atoms with Crippen LogP contribution in [0.2, 0.25) is 0 Å². The lowest BCUT2D eigenvalue weighted by atomic mass is 9.54. The lowest BCUT2D eigenvalue weighted by Gasteiger charge is -2.58. The van der Waals surface area contributed by atoms with Crippen LogP contribution in [0.1, 0.15) is 61.6 Å². The van der Waals surface area contributed by atoms with Crippen molar-refractivity contribution in [1.29, 1.82) is 0 Å². The summed E-state index contributed by atoms with van der Waals surface area (Å²) < 4.78 is 11.2. The highest BCUT2D eigenvalue weighted by Crippen LogP contribution is 2.51. The molecule has 1 aromatic rings. The summed E-state index contributed by atoms with van der Waals surface area (Å²) in [6, 6.07) is 0. The van der Waals surface area contributed by atoms with E-state index < -0.39 is 22.8 Å². The van der Waals surface area contributed by atoms with Crippen LogP contribution in [0.3, 0.4) is 0 Å². The highest BCUT2D eigenvalue weighted by Gasteiger charge is 2.66. The third-order valence-electron chi connectivity index (χ3n) is 5.42. The van der Waals surface area contributed by atoms with Gasteiger partial charge in [-0.3, -0.25) is 4.79 Å². The van der Waals surface area contributed by atoms with Gasteiger partial charge in [0.05, 0.1) is 6.10 Å². The van der Waals surface area contributed by atoms with E-state index in [4.69, 9.17) is 9.47 Å². The van der Waals surface area contributed by atoms with Gasteiger partial charge in [0.2, 0.25) is 0 Å². The molecule has 138 valence electrons. The first-order valence-corrected chi connectivity index (χ1v) is 9.44. The van der Waals surface area contributed by atoms with Gasteiger partial charge < -0.3 is 19.9 Å². The third-order valence-corrected chi connectivity index (χ3v) is 6.35. The topological polar surface area (TPSA) is 97.8 Å². The van der Waals surface area contributed by atoms with Crippen LogP contribution in [0.15, 0.2) is 5.38 Å². The van der Waals surface area contributed by atoms with Crippen LogP contribution in [-0.2, 0) is 14.3 Å². The molecule has 3 atom stereocenters. The maximum absolute atomic E-state index is 12.6. The molecular weight excluding hydrogens is 344 g/mol. The van der Waals surface area contributed by atoms with E-state index in [-0.39, 0.29) is 24.3 Å². The number of carbonyl (C=O) groups is 2. The molecule has 3 unspecified atom stereocenters. The molecule has 2 heterocycles. The van der Waals surface area contributed by atoms with Crippen molar-refractivity contribution in [2.45, 2.75) is 57.8 Å². The monoisotopic (exact) mass is 368 g/mol. The Balaban J connectivity index is 1.75. The largest absolute Gasteiger partial charge is 0.479 e. The van der Waals surface area contributed by atoms with Crippen LogP contribution in [-0.4, -0.2) is 46.8 Å². The Morgan fingerprint density at radius 1 is 1.52 bits per heavy atom. The fourth-order valence-electron chi connectivity index (χ4n) is 3.61. The zero-order valence-corrected chi connectivity index (χ0v) is 15.5. The van der Waals surface area contributed by atoms with E-state index in [1.165, 1.54) is 11.3 Å². The van der Waals surface area contributed by atoms with Crippen molar-refractivity contribution in [3.8, 4) is 0 Å². The SMILES string of the molecule is CCOC1CC(NC(=O)c2csc(C3CCCO3)n2)(C(=O)O)C1(C)C. The molecule has 1 aromatic heterocycles. The number of carboxylic acids is 1. The average molecular weight is 368 g/mol. The Hall–Kier alpha value is -1.51. The van der Waals surface area contributed by atoms with Crippen molar-refractivity contribution in [3.05, 3.63) is 16.1 Å². The second-order valence-electron chi connectivity index (χ2n) is 7.11. The van der Waals surface area contributed by atoms with Crippen molar-refractivity contribution in [1.82, 2.24) is 10.3 Å². The highest BCUT2D eigenvalue weighted by molar-refractivity contribution is 7.09. The Labute approximate surface area is 150 Å². The normalized spacial score (nSPS) is 30.7. The van der Waals surface area contributed by atoms with Crippen LogP contribution in [0.4, 0.5) is 0 Å². The van der Waals surface area contributed by atoms with E-state index in [1.54, 1.807) is 5.38 Å². The Kier molecular flexibility index (Phi) is 4.87. The molecule has 0 radical (unpaired) electrons. The summed E-state index contributed by atoms with van der Waals surface area (Å²) in [6.45, 7) is 6.71. The second kappa shape index (κ2) is 6.66. The van der Waals surface area contributed by atoms with Crippen molar-refractivity contribution in [3.63, 3.8) is 0 Å². The summed E-state index contributed by atoms with van der Waals surface area (Å²) in [4.78, 5) is 28.9.